The Kier molecular flexibility index (Phi) is 7.69. The smallest absolute Gasteiger partial charge is 0.243 e. The van der Waals surface area contributed by atoms with E-state index in [2.05, 4.69) is 5.32 Å². The van der Waals surface area contributed by atoms with Gasteiger partial charge in [-0.15, -0.1) is 0 Å². The molecule has 0 aromatic heterocycles. The molecule has 2 amide bonds. The zero-order chi connectivity index (χ0) is 23.3. The van der Waals surface area contributed by atoms with Crippen LogP contribution >= 0.6 is 0 Å². The van der Waals surface area contributed by atoms with Crippen molar-refractivity contribution in [3.05, 3.63) is 53.6 Å². The molecule has 0 fully saturated rings. The standard InChI is InChI=1S/C24H31N3O4S/c1-4-26(5-2)32(30,31)22-12-8-19(9-13-22)10-15-24(29)25-21-11-14-23-20(17-21)7-6-16-27(23)18(3)28/h8-9,11-14,17H,4-7,10,15-16H2,1-3H3,(H,25,29). The molecule has 1 aliphatic rings. The van der Waals surface area contributed by atoms with Crippen LogP contribution in [-0.4, -0.2) is 44.2 Å². The quantitative estimate of drug-likeness (QED) is 0.656. The van der Waals surface area contributed by atoms with Gasteiger partial charge in [-0.05, 0) is 60.7 Å². The minimum Gasteiger partial charge on any atom is -0.326 e. The van der Waals surface area contributed by atoms with E-state index >= 15 is 0 Å². The van der Waals surface area contributed by atoms with Crippen LogP contribution in [-0.2, 0) is 32.5 Å². The van der Waals surface area contributed by atoms with Crippen LogP contribution in [0, 0.1) is 0 Å². The second kappa shape index (κ2) is 10.3. The van der Waals surface area contributed by atoms with Crippen molar-refractivity contribution in [3.8, 4) is 0 Å². The molecule has 0 radical (unpaired) electrons. The number of anilines is 2. The van der Waals surface area contributed by atoms with E-state index in [1.165, 1.54) is 4.31 Å². The fourth-order valence-corrected chi connectivity index (χ4v) is 5.48. The maximum atomic E-state index is 12.6. The van der Waals surface area contributed by atoms with Crippen molar-refractivity contribution < 1.29 is 18.0 Å². The molecule has 0 spiro atoms. The number of carbonyl (C=O) groups is 2. The van der Waals surface area contributed by atoms with Crippen molar-refractivity contribution >= 4 is 33.2 Å². The minimum absolute atomic E-state index is 0.0265. The zero-order valence-corrected chi connectivity index (χ0v) is 19.7. The fourth-order valence-electron chi connectivity index (χ4n) is 4.02. The van der Waals surface area contributed by atoms with Gasteiger partial charge in [-0.25, -0.2) is 8.42 Å². The van der Waals surface area contributed by atoms with E-state index in [1.807, 2.05) is 32.0 Å². The Bertz CT molecular complexity index is 1080. The monoisotopic (exact) mass is 457 g/mol. The highest BCUT2D eigenvalue weighted by Gasteiger charge is 2.22. The van der Waals surface area contributed by atoms with Gasteiger partial charge >= 0.3 is 0 Å². The van der Waals surface area contributed by atoms with Crippen molar-refractivity contribution in [2.45, 2.75) is 51.3 Å². The van der Waals surface area contributed by atoms with Gasteiger partial charge in [-0.2, -0.15) is 4.31 Å². The second-order valence-corrected chi connectivity index (χ2v) is 9.84. The average Bonchev–Trinajstić information content (AvgIpc) is 2.78. The van der Waals surface area contributed by atoms with Crippen LogP contribution in [0.25, 0.3) is 0 Å². The summed E-state index contributed by atoms with van der Waals surface area (Å²) in [6, 6.07) is 12.4. The molecule has 2 aromatic rings. The van der Waals surface area contributed by atoms with Gasteiger partial charge in [0, 0.05) is 44.4 Å². The molecule has 0 atom stereocenters. The van der Waals surface area contributed by atoms with Crippen LogP contribution in [0.15, 0.2) is 47.4 Å². The largest absolute Gasteiger partial charge is 0.326 e. The number of fused-ring (bicyclic) bond motifs is 1. The topological polar surface area (TPSA) is 86.8 Å². The summed E-state index contributed by atoms with van der Waals surface area (Å²) in [5, 5.41) is 2.93. The first kappa shape index (κ1) is 23.9. The number of sulfonamides is 1. The normalized spacial score (nSPS) is 13.7. The molecule has 7 nitrogen and oxygen atoms in total. The SMILES string of the molecule is CCN(CC)S(=O)(=O)c1ccc(CCC(=O)Nc2ccc3c(c2)CCCN3C(C)=O)cc1. The van der Waals surface area contributed by atoms with Gasteiger partial charge in [0.05, 0.1) is 4.90 Å². The molecule has 1 aliphatic heterocycles. The van der Waals surface area contributed by atoms with Gasteiger partial charge in [-0.3, -0.25) is 9.59 Å². The van der Waals surface area contributed by atoms with Crippen LogP contribution in [0.4, 0.5) is 11.4 Å². The van der Waals surface area contributed by atoms with Crippen molar-refractivity contribution in [1.82, 2.24) is 4.31 Å². The van der Waals surface area contributed by atoms with E-state index in [0.717, 1.165) is 41.9 Å². The molecular weight excluding hydrogens is 426 g/mol. The van der Waals surface area contributed by atoms with Crippen molar-refractivity contribution in [1.29, 1.82) is 0 Å². The maximum Gasteiger partial charge on any atom is 0.243 e. The maximum absolute atomic E-state index is 12.6. The van der Waals surface area contributed by atoms with Gasteiger partial charge in [0.15, 0.2) is 0 Å². The summed E-state index contributed by atoms with van der Waals surface area (Å²) in [6.45, 7) is 6.78. The molecule has 1 heterocycles. The van der Waals surface area contributed by atoms with Crippen LogP contribution in [0.5, 0.6) is 0 Å². The van der Waals surface area contributed by atoms with Crippen LogP contribution in [0.3, 0.4) is 0 Å². The van der Waals surface area contributed by atoms with Crippen LogP contribution in [0.2, 0.25) is 0 Å². The molecule has 0 unspecified atom stereocenters. The van der Waals surface area contributed by atoms with Crippen LogP contribution in [0.1, 0.15) is 44.7 Å². The molecule has 0 saturated heterocycles. The first-order valence-corrected chi connectivity index (χ1v) is 12.5. The van der Waals surface area contributed by atoms with E-state index in [1.54, 1.807) is 36.1 Å². The number of rotatable bonds is 8. The zero-order valence-electron chi connectivity index (χ0n) is 18.9. The second-order valence-electron chi connectivity index (χ2n) is 7.90. The molecule has 2 aromatic carbocycles. The fraction of sp³-hybridized carbons (Fsp3) is 0.417. The molecular formula is C24H31N3O4S. The van der Waals surface area contributed by atoms with E-state index in [-0.39, 0.29) is 16.7 Å². The van der Waals surface area contributed by atoms with E-state index in [9.17, 15) is 18.0 Å². The summed E-state index contributed by atoms with van der Waals surface area (Å²) in [7, 11) is -3.48. The third kappa shape index (κ3) is 5.37. The number of hydrogen-bond donors (Lipinski definition) is 1. The predicted molar refractivity (Wildman–Crippen MR) is 126 cm³/mol. The minimum atomic E-state index is -3.48. The van der Waals surface area contributed by atoms with E-state index in [4.69, 9.17) is 0 Å². The number of nitrogens with one attached hydrogen (secondary N) is 1. The molecule has 0 bridgehead atoms. The molecule has 0 aliphatic carbocycles. The summed E-state index contributed by atoms with van der Waals surface area (Å²) < 4.78 is 26.6. The van der Waals surface area contributed by atoms with Crippen molar-refractivity contribution in [2.75, 3.05) is 29.9 Å². The van der Waals surface area contributed by atoms with Gasteiger partial charge in [0.25, 0.3) is 0 Å². The van der Waals surface area contributed by atoms with Crippen LogP contribution < -0.4 is 10.2 Å². The lowest BCUT2D eigenvalue weighted by atomic mass is 10.0. The number of carbonyl (C=O) groups excluding carboxylic acids is 2. The van der Waals surface area contributed by atoms with E-state index < -0.39 is 10.0 Å². The third-order valence-electron chi connectivity index (χ3n) is 5.77. The molecule has 172 valence electrons. The molecule has 32 heavy (non-hydrogen) atoms. The highest BCUT2D eigenvalue weighted by atomic mass is 32.2. The lowest BCUT2D eigenvalue weighted by Gasteiger charge is -2.29. The van der Waals surface area contributed by atoms with Gasteiger partial charge in [0.2, 0.25) is 21.8 Å². The predicted octanol–water partition coefficient (Wildman–Crippen LogP) is 3.59. The Balaban J connectivity index is 1.59. The third-order valence-corrected chi connectivity index (χ3v) is 7.83. The number of nitrogens with zero attached hydrogens (tertiary/aromatic N) is 2. The van der Waals surface area contributed by atoms with E-state index in [0.29, 0.717) is 25.9 Å². The summed E-state index contributed by atoms with van der Waals surface area (Å²) in [6.07, 6.45) is 2.59. The summed E-state index contributed by atoms with van der Waals surface area (Å²) in [5.74, 6) is -0.0809. The number of hydrogen-bond acceptors (Lipinski definition) is 4. The van der Waals surface area contributed by atoms with Crippen molar-refractivity contribution in [2.24, 2.45) is 0 Å². The van der Waals surface area contributed by atoms with Crippen molar-refractivity contribution in [3.63, 3.8) is 0 Å². The average molecular weight is 458 g/mol. The Labute approximate surface area is 190 Å². The summed E-state index contributed by atoms with van der Waals surface area (Å²) in [5.41, 5.74) is 3.61. The lowest BCUT2D eigenvalue weighted by Crippen LogP contribution is -2.33. The Morgan fingerprint density at radius 2 is 1.75 bits per heavy atom. The number of amides is 2. The first-order valence-electron chi connectivity index (χ1n) is 11.1. The Morgan fingerprint density at radius 1 is 1.06 bits per heavy atom. The van der Waals surface area contributed by atoms with Gasteiger partial charge < -0.3 is 10.2 Å². The molecule has 0 saturated carbocycles. The molecule has 3 rings (SSSR count). The first-order chi connectivity index (χ1) is 15.3. The molecule has 1 N–H and O–H groups in total. The highest BCUT2D eigenvalue weighted by molar-refractivity contribution is 7.89. The summed E-state index contributed by atoms with van der Waals surface area (Å²) in [4.78, 5) is 26.3. The van der Waals surface area contributed by atoms with Gasteiger partial charge in [-0.1, -0.05) is 26.0 Å². The highest BCUT2D eigenvalue weighted by Crippen LogP contribution is 2.30. The summed E-state index contributed by atoms with van der Waals surface area (Å²) >= 11 is 0. The Morgan fingerprint density at radius 3 is 2.38 bits per heavy atom. The number of aryl methyl sites for hydroxylation is 2. The lowest BCUT2D eigenvalue weighted by molar-refractivity contribution is -0.117. The molecule has 8 heteroatoms. The number of benzene rings is 2. The van der Waals surface area contributed by atoms with Gasteiger partial charge in [0.1, 0.15) is 0 Å². The Hall–Kier alpha value is -2.71.